The average molecular weight is 292 g/mol. The largest absolute Gasteiger partial charge is 0.492 e. The zero-order valence-electron chi connectivity index (χ0n) is 11.8. The van der Waals surface area contributed by atoms with Crippen LogP contribution in [0.3, 0.4) is 0 Å². The number of hydrogen-bond acceptors (Lipinski definition) is 3. The van der Waals surface area contributed by atoms with E-state index in [2.05, 4.69) is 5.32 Å². The van der Waals surface area contributed by atoms with E-state index in [4.69, 9.17) is 9.84 Å². The summed E-state index contributed by atoms with van der Waals surface area (Å²) in [5.74, 6) is -0.108. The molecule has 1 aromatic carbocycles. The third-order valence-electron chi connectivity index (χ3n) is 3.44. The molecule has 0 aromatic heterocycles. The lowest BCUT2D eigenvalue weighted by Crippen LogP contribution is -2.44. The number of carboxylic acids is 1. The Morgan fingerprint density at radius 3 is 2.81 bits per heavy atom. The smallest absolute Gasteiger partial charge is 0.317 e. The highest BCUT2D eigenvalue weighted by molar-refractivity contribution is 5.76. The fraction of sp³-hybridized carbons (Fsp3) is 0.467. The fourth-order valence-corrected chi connectivity index (χ4v) is 2.46. The predicted octanol–water partition coefficient (Wildman–Crippen LogP) is 1.71. The van der Waals surface area contributed by atoms with Crippen molar-refractivity contribution in [3.05, 3.63) is 30.3 Å². The second kappa shape index (κ2) is 7.52. The molecule has 2 rings (SSSR count). The van der Waals surface area contributed by atoms with E-state index in [-0.39, 0.29) is 18.5 Å². The molecule has 0 aliphatic carbocycles. The van der Waals surface area contributed by atoms with Crippen molar-refractivity contribution >= 4 is 12.0 Å². The molecule has 2 amide bonds. The van der Waals surface area contributed by atoms with Gasteiger partial charge in [-0.25, -0.2) is 4.79 Å². The van der Waals surface area contributed by atoms with Crippen LogP contribution in [-0.4, -0.2) is 47.7 Å². The molecule has 0 spiro atoms. The summed E-state index contributed by atoms with van der Waals surface area (Å²) in [4.78, 5) is 24.4. The van der Waals surface area contributed by atoms with Gasteiger partial charge in [-0.05, 0) is 25.0 Å². The van der Waals surface area contributed by atoms with Gasteiger partial charge in [-0.2, -0.15) is 0 Å². The number of rotatable bonds is 6. The number of nitrogens with zero attached hydrogens (tertiary/aromatic N) is 1. The molecule has 1 saturated heterocycles. The lowest BCUT2D eigenvalue weighted by molar-refractivity contribution is -0.137. The zero-order valence-corrected chi connectivity index (χ0v) is 11.8. The van der Waals surface area contributed by atoms with Crippen LogP contribution in [-0.2, 0) is 4.79 Å². The Morgan fingerprint density at radius 1 is 1.33 bits per heavy atom. The topological polar surface area (TPSA) is 78.9 Å². The third kappa shape index (κ3) is 4.66. The quantitative estimate of drug-likeness (QED) is 0.782. The molecule has 6 heteroatoms. The molecule has 1 aliphatic heterocycles. The van der Waals surface area contributed by atoms with Gasteiger partial charge >= 0.3 is 12.0 Å². The molecule has 1 atom stereocenters. The van der Waals surface area contributed by atoms with Crippen molar-refractivity contribution in [3.63, 3.8) is 0 Å². The maximum Gasteiger partial charge on any atom is 0.317 e. The van der Waals surface area contributed by atoms with E-state index in [0.717, 1.165) is 18.6 Å². The van der Waals surface area contributed by atoms with E-state index in [1.165, 1.54) is 0 Å². The summed E-state index contributed by atoms with van der Waals surface area (Å²) >= 11 is 0. The molecule has 114 valence electrons. The minimum Gasteiger partial charge on any atom is -0.492 e. The van der Waals surface area contributed by atoms with E-state index >= 15 is 0 Å². The van der Waals surface area contributed by atoms with Gasteiger partial charge in [0, 0.05) is 12.6 Å². The van der Waals surface area contributed by atoms with Gasteiger partial charge in [0.2, 0.25) is 0 Å². The first-order valence-corrected chi connectivity index (χ1v) is 7.11. The lowest BCUT2D eigenvalue weighted by atomic mass is 10.1. The fourth-order valence-electron chi connectivity index (χ4n) is 2.46. The van der Waals surface area contributed by atoms with Gasteiger partial charge in [0.05, 0.1) is 13.0 Å². The number of likely N-dealkylation sites (tertiary alicyclic amines) is 1. The van der Waals surface area contributed by atoms with Crippen LogP contribution in [0.25, 0.3) is 0 Å². The van der Waals surface area contributed by atoms with Gasteiger partial charge in [-0.1, -0.05) is 18.2 Å². The molecule has 1 aliphatic rings. The SMILES string of the molecule is O=C(O)CC1CCCN1C(=O)NCCOc1ccccc1. The van der Waals surface area contributed by atoms with Gasteiger partial charge in [-0.3, -0.25) is 4.79 Å². The molecule has 1 heterocycles. The normalized spacial score (nSPS) is 17.5. The van der Waals surface area contributed by atoms with Crippen LogP contribution < -0.4 is 10.1 Å². The number of carboxylic acid groups (broad SMARTS) is 1. The number of carbonyl (C=O) groups is 2. The van der Waals surface area contributed by atoms with Crippen LogP contribution in [0.4, 0.5) is 4.79 Å². The van der Waals surface area contributed by atoms with Crippen molar-refractivity contribution < 1.29 is 19.4 Å². The van der Waals surface area contributed by atoms with E-state index in [9.17, 15) is 9.59 Å². The minimum atomic E-state index is -0.868. The molecule has 0 saturated carbocycles. The number of aliphatic carboxylic acids is 1. The number of ether oxygens (including phenoxy) is 1. The number of para-hydroxylation sites is 1. The molecular weight excluding hydrogens is 272 g/mol. The van der Waals surface area contributed by atoms with Crippen LogP contribution in [0.1, 0.15) is 19.3 Å². The van der Waals surface area contributed by atoms with Gasteiger partial charge in [0.25, 0.3) is 0 Å². The maximum absolute atomic E-state index is 12.0. The molecule has 1 unspecified atom stereocenters. The maximum atomic E-state index is 12.0. The number of amides is 2. The van der Waals surface area contributed by atoms with Crippen LogP contribution >= 0.6 is 0 Å². The van der Waals surface area contributed by atoms with E-state index < -0.39 is 5.97 Å². The Balaban J connectivity index is 1.70. The van der Waals surface area contributed by atoms with Crippen molar-refractivity contribution in [2.75, 3.05) is 19.7 Å². The summed E-state index contributed by atoms with van der Waals surface area (Å²) in [5.41, 5.74) is 0. The van der Waals surface area contributed by atoms with E-state index in [0.29, 0.717) is 19.7 Å². The summed E-state index contributed by atoms with van der Waals surface area (Å²) in [6.07, 6.45) is 1.61. The molecule has 2 N–H and O–H groups in total. The molecular formula is C15H20N2O4. The van der Waals surface area contributed by atoms with Gasteiger partial charge in [0.15, 0.2) is 0 Å². The zero-order chi connectivity index (χ0) is 15.1. The molecule has 6 nitrogen and oxygen atoms in total. The van der Waals surface area contributed by atoms with Gasteiger partial charge in [0.1, 0.15) is 12.4 Å². The van der Waals surface area contributed by atoms with Gasteiger partial charge in [-0.15, -0.1) is 0 Å². The first-order chi connectivity index (χ1) is 10.2. The number of benzene rings is 1. The Kier molecular flexibility index (Phi) is 5.43. The van der Waals surface area contributed by atoms with Crippen molar-refractivity contribution in [2.24, 2.45) is 0 Å². The van der Waals surface area contributed by atoms with Crippen molar-refractivity contribution in [1.29, 1.82) is 0 Å². The lowest BCUT2D eigenvalue weighted by Gasteiger charge is -2.23. The minimum absolute atomic E-state index is 0.00787. The van der Waals surface area contributed by atoms with Crippen molar-refractivity contribution in [3.8, 4) is 5.75 Å². The first-order valence-electron chi connectivity index (χ1n) is 7.11. The number of carbonyl (C=O) groups excluding carboxylic acids is 1. The van der Waals surface area contributed by atoms with Crippen LogP contribution in [0, 0.1) is 0 Å². The molecule has 21 heavy (non-hydrogen) atoms. The third-order valence-corrected chi connectivity index (χ3v) is 3.44. The van der Waals surface area contributed by atoms with Crippen molar-refractivity contribution in [2.45, 2.75) is 25.3 Å². The van der Waals surface area contributed by atoms with Gasteiger partial charge < -0.3 is 20.1 Å². The first kappa shape index (κ1) is 15.2. The highest BCUT2D eigenvalue weighted by Crippen LogP contribution is 2.19. The van der Waals surface area contributed by atoms with Crippen molar-refractivity contribution in [1.82, 2.24) is 10.2 Å². The van der Waals surface area contributed by atoms with Crippen LogP contribution in [0.5, 0.6) is 5.75 Å². The Hall–Kier alpha value is -2.24. The monoisotopic (exact) mass is 292 g/mol. The highest BCUT2D eigenvalue weighted by atomic mass is 16.5. The second-order valence-corrected chi connectivity index (χ2v) is 4.98. The Bertz CT molecular complexity index is 478. The summed E-state index contributed by atoms with van der Waals surface area (Å²) in [6, 6.07) is 8.97. The average Bonchev–Trinajstić information content (AvgIpc) is 2.92. The number of hydrogen-bond donors (Lipinski definition) is 2. The van der Waals surface area contributed by atoms with E-state index in [1.807, 2.05) is 30.3 Å². The van der Waals surface area contributed by atoms with E-state index in [1.54, 1.807) is 4.90 Å². The Labute approximate surface area is 123 Å². The summed E-state index contributed by atoms with van der Waals surface area (Å²) in [6.45, 7) is 1.39. The summed E-state index contributed by atoms with van der Waals surface area (Å²) < 4.78 is 5.48. The van der Waals surface area contributed by atoms with Crippen LogP contribution in [0.15, 0.2) is 30.3 Å². The summed E-state index contributed by atoms with van der Waals surface area (Å²) in [7, 11) is 0. The predicted molar refractivity (Wildman–Crippen MR) is 77.3 cm³/mol. The Morgan fingerprint density at radius 2 is 2.10 bits per heavy atom. The molecule has 0 bridgehead atoms. The second-order valence-electron chi connectivity index (χ2n) is 4.98. The number of nitrogens with one attached hydrogen (secondary N) is 1. The molecule has 1 aromatic rings. The highest BCUT2D eigenvalue weighted by Gasteiger charge is 2.30. The summed E-state index contributed by atoms with van der Waals surface area (Å²) in [5, 5.41) is 11.6. The van der Waals surface area contributed by atoms with Crippen LogP contribution in [0.2, 0.25) is 0 Å². The molecule has 0 radical (unpaired) electrons. The number of urea groups is 1. The molecule has 1 fully saturated rings. The standard InChI is InChI=1S/C15H20N2O4/c18-14(19)11-12-5-4-9-17(12)15(20)16-8-10-21-13-6-2-1-3-7-13/h1-3,6-7,12H,4-5,8-11H2,(H,16,20)(H,18,19).